The zero-order chi connectivity index (χ0) is 26.2. The molecule has 1 atom stereocenters. The second-order valence-electron chi connectivity index (χ2n) is 10.5. The van der Waals surface area contributed by atoms with Gasteiger partial charge in [-0.15, -0.1) is 0 Å². The fourth-order valence-corrected chi connectivity index (χ4v) is 5.10. The number of carbonyl (C=O) groups excluding carboxylic acids is 3. The van der Waals surface area contributed by atoms with Crippen LogP contribution in [0.2, 0.25) is 0 Å². The number of fused-ring (bicyclic) bond motifs is 1. The predicted octanol–water partition coefficient (Wildman–Crippen LogP) is 5.03. The molecule has 7 heteroatoms. The number of amides is 3. The third-order valence-electron chi connectivity index (χ3n) is 6.81. The Kier molecular flexibility index (Phi) is 10.5. The normalized spacial score (nSPS) is 18.6. The van der Waals surface area contributed by atoms with Crippen LogP contribution in [0.4, 0.5) is 5.69 Å². The summed E-state index contributed by atoms with van der Waals surface area (Å²) in [5.41, 5.74) is 2.09. The van der Waals surface area contributed by atoms with E-state index in [-0.39, 0.29) is 11.7 Å². The van der Waals surface area contributed by atoms with Gasteiger partial charge in [0.2, 0.25) is 18.2 Å². The summed E-state index contributed by atoms with van der Waals surface area (Å²) >= 11 is 0. The average Bonchev–Trinajstić information content (AvgIpc) is 3.34. The number of hydrogen-bond donors (Lipinski definition) is 1. The van der Waals surface area contributed by atoms with Gasteiger partial charge in [0.25, 0.3) is 0 Å². The third kappa shape index (κ3) is 6.70. The van der Waals surface area contributed by atoms with Crippen molar-refractivity contribution in [1.29, 1.82) is 0 Å². The van der Waals surface area contributed by atoms with Gasteiger partial charge in [-0.25, -0.2) is 0 Å². The van der Waals surface area contributed by atoms with Gasteiger partial charge in [-0.3, -0.25) is 24.6 Å². The zero-order valence-corrected chi connectivity index (χ0v) is 22.6. The van der Waals surface area contributed by atoms with Crippen LogP contribution < -0.4 is 10.2 Å². The SMILES string of the molecule is CCCC(C(=O)NC=O)N1C(=O)C(C)(C)c2c(C)cccc21.CCCC1(CCC(C)C)OCCO1. The van der Waals surface area contributed by atoms with Crippen molar-refractivity contribution in [2.75, 3.05) is 18.1 Å². The van der Waals surface area contributed by atoms with E-state index in [0.717, 1.165) is 61.6 Å². The maximum absolute atomic E-state index is 12.9. The van der Waals surface area contributed by atoms with Crippen molar-refractivity contribution >= 4 is 23.9 Å². The molecule has 7 nitrogen and oxygen atoms in total. The van der Waals surface area contributed by atoms with Crippen LogP contribution in [0.1, 0.15) is 91.2 Å². The maximum atomic E-state index is 12.9. The van der Waals surface area contributed by atoms with Gasteiger partial charge in [0, 0.05) is 18.5 Å². The quantitative estimate of drug-likeness (QED) is 0.467. The highest BCUT2D eigenvalue weighted by atomic mass is 16.7. The van der Waals surface area contributed by atoms with Gasteiger partial charge >= 0.3 is 0 Å². The minimum absolute atomic E-state index is 0.101. The van der Waals surface area contributed by atoms with Crippen molar-refractivity contribution in [3.8, 4) is 0 Å². The molecule has 3 rings (SSSR count). The third-order valence-corrected chi connectivity index (χ3v) is 6.81. The summed E-state index contributed by atoms with van der Waals surface area (Å²) in [5, 5.41) is 2.19. The van der Waals surface area contributed by atoms with E-state index in [9.17, 15) is 14.4 Å². The van der Waals surface area contributed by atoms with E-state index in [0.29, 0.717) is 12.8 Å². The van der Waals surface area contributed by atoms with Crippen LogP contribution in [0, 0.1) is 12.8 Å². The first-order chi connectivity index (χ1) is 16.5. The number of rotatable bonds is 10. The molecule has 1 fully saturated rings. The number of nitrogens with one attached hydrogen (secondary N) is 1. The largest absolute Gasteiger partial charge is 0.348 e. The summed E-state index contributed by atoms with van der Waals surface area (Å²) in [4.78, 5) is 37.3. The molecule has 1 aromatic carbocycles. The van der Waals surface area contributed by atoms with Gasteiger partial charge in [0.15, 0.2) is 5.79 Å². The van der Waals surface area contributed by atoms with Crippen LogP contribution >= 0.6 is 0 Å². The fourth-order valence-electron chi connectivity index (χ4n) is 5.10. The Bertz CT molecular complexity index is 874. The van der Waals surface area contributed by atoms with Crippen molar-refractivity contribution < 1.29 is 23.9 Å². The zero-order valence-electron chi connectivity index (χ0n) is 22.6. The van der Waals surface area contributed by atoms with E-state index in [1.165, 1.54) is 6.42 Å². The van der Waals surface area contributed by atoms with Gasteiger partial charge in [-0.2, -0.15) is 0 Å². The van der Waals surface area contributed by atoms with Crippen LogP contribution in [0.15, 0.2) is 18.2 Å². The molecular formula is C28H44N2O5. The Hall–Kier alpha value is -2.25. The van der Waals surface area contributed by atoms with Crippen LogP contribution in [-0.4, -0.2) is 43.3 Å². The molecule has 196 valence electrons. The van der Waals surface area contributed by atoms with Crippen molar-refractivity contribution in [3.63, 3.8) is 0 Å². The van der Waals surface area contributed by atoms with E-state index >= 15 is 0 Å². The highest BCUT2D eigenvalue weighted by molar-refractivity contribution is 6.12. The monoisotopic (exact) mass is 488 g/mol. The Morgan fingerprint density at radius 3 is 2.31 bits per heavy atom. The number of anilines is 1. The lowest BCUT2D eigenvalue weighted by Crippen LogP contribution is -2.50. The van der Waals surface area contributed by atoms with Crippen LogP contribution in [0.5, 0.6) is 0 Å². The van der Waals surface area contributed by atoms with Gasteiger partial charge in [0.1, 0.15) is 6.04 Å². The second-order valence-corrected chi connectivity index (χ2v) is 10.5. The van der Waals surface area contributed by atoms with Gasteiger partial charge < -0.3 is 9.47 Å². The summed E-state index contributed by atoms with van der Waals surface area (Å²) in [6.45, 7) is 15.9. The van der Waals surface area contributed by atoms with Crippen molar-refractivity contribution in [2.45, 2.75) is 104 Å². The number of imide groups is 1. The van der Waals surface area contributed by atoms with Crippen LogP contribution in [0.3, 0.4) is 0 Å². The molecule has 1 unspecified atom stereocenters. The Morgan fingerprint density at radius 2 is 1.77 bits per heavy atom. The molecule has 0 radical (unpaired) electrons. The molecule has 1 saturated heterocycles. The first-order valence-electron chi connectivity index (χ1n) is 13.0. The summed E-state index contributed by atoms with van der Waals surface area (Å²) in [6, 6.07) is 5.06. The topological polar surface area (TPSA) is 84.9 Å². The number of aryl methyl sites for hydroxylation is 1. The molecule has 1 N–H and O–H groups in total. The maximum Gasteiger partial charge on any atom is 0.249 e. The van der Waals surface area contributed by atoms with Gasteiger partial charge in [-0.1, -0.05) is 52.7 Å². The summed E-state index contributed by atoms with van der Waals surface area (Å²) in [5.74, 6) is -0.0212. The number of carbonyl (C=O) groups is 3. The summed E-state index contributed by atoms with van der Waals surface area (Å²) < 4.78 is 11.4. The average molecular weight is 489 g/mol. The standard InChI is InChI=1S/C17H22N2O3.C11H22O2/c1-5-7-13(15(21)18-10-20)19-12-9-6-8-11(2)14(12)17(3,4)16(19)22;1-4-6-11(7-5-10(2)3)12-8-9-13-11/h6,8-10,13H,5,7H2,1-4H3,(H,18,20,21);10H,4-9H2,1-3H3. The van der Waals surface area contributed by atoms with E-state index < -0.39 is 17.4 Å². The molecule has 35 heavy (non-hydrogen) atoms. The molecule has 3 amide bonds. The van der Waals surface area contributed by atoms with Gasteiger partial charge in [-0.05, 0) is 56.7 Å². The summed E-state index contributed by atoms with van der Waals surface area (Å²) in [6.07, 6.45) is 6.04. The molecule has 1 aromatic rings. The minimum atomic E-state index is -0.672. The number of benzene rings is 1. The lowest BCUT2D eigenvalue weighted by Gasteiger charge is -2.28. The number of ether oxygens (including phenoxy) is 2. The Morgan fingerprint density at radius 1 is 1.11 bits per heavy atom. The lowest BCUT2D eigenvalue weighted by atomic mass is 9.83. The van der Waals surface area contributed by atoms with Crippen molar-refractivity contribution in [1.82, 2.24) is 5.32 Å². The van der Waals surface area contributed by atoms with E-state index in [4.69, 9.17) is 9.47 Å². The van der Waals surface area contributed by atoms with Gasteiger partial charge in [0.05, 0.1) is 18.6 Å². The number of hydrogen-bond acceptors (Lipinski definition) is 5. The lowest BCUT2D eigenvalue weighted by molar-refractivity contribution is -0.169. The van der Waals surface area contributed by atoms with Crippen LogP contribution in [-0.2, 0) is 29.3 Å². The molecule has 0 spiro atoms. The highest BCUT2D eigenvalue weighted by Gasteiger charge is 2.48. The Labute approximate surface area is 210 Å². The smallest absolute Gasteiger partial charge is 0.249 e. The van der Waals surface area contributed by atoms with Crippen LogP contribution in [0.25, 0.3) is 0 Å². The van der Waals surface area contributed by atoms with Crippen molar-refractivity contribution in [2.24, 2.45) is 5.92 Å². The number of nitrogens with zero attached hydrogens (tertiary/aromatic N) is 1. The second kappa shape index (κ2) is 12.6. The predicted molar refractivity (Wildman–Crippen MR) is 138 cm³/mol. The van der Waals surface area contributed by atoms with E-state index in [2.05, 4.69) is 26.1 Å². The fraction of sp³-hybridized carbons (Fsp3) is 0.679. The van der Waals surface area contributed by atoms with Crippen molar-refractivity contribution in [3.05, 3.63) is 29.3 Å². The molecule has 2 aliphatic rings. The first kappa shape index (κ1) is 29.0. The van der Waals surface area contributed by atoms with E-state index in [1.807, 2.05) is 45.9 Å². The summed E-state index contributed by atoms with van der Waals surface area (Å²) in [7, 11) is 0. The Balaban J connectivity index is 0.000000283. The molecule has 2 heterocycles. The van der Waals surface area contributed by atoms with E-state index in [1.54, 1.807) is 4.90 Å². The molecular weight excluding hydrogens is 444 g/mol. The minimum Gasteiger partial charge on any atom is -0.348 e. The molecule has 0 saturated carbocycles. The molecule has 0 aliphatic carbocycles. The molecule has 0 aromatic heterocycles. The highest BCUT2D eigenvalue weighted by Crippen LogP contribution is 2.44. The molecule has 2 aliphatic heterocycles. The molecule has 0 bridgehead atoms. The first-order valence-corrected chi connectivity index (χ1v) is 13.0.